The van der Waals surface area contributed by atoms with E-state index in [2.05, 4.69) is 13.8 Å². The molecule has 0 aromatic heterocycles. The third-order valence-electron chi connectivity index (χ3n) is 5.23. The van der Waals surface area contributed by atoms with Crippen molar-refractivity contribution in [1.82, 2.24) is 0 Å². The fraction of sp³-hybridized carbons (Fsp3) is 0.667. The average molecular weight is 368 g/mol. The van der Waals surface area contributed by atoms with Crippen molar-refractivity contribution in [1.29, 1.82) is 0 Å². The lowest BCUT2D eigenvalue weighted by Crippen LogP contribution is -2.25. The van der Waals surface area contributed by atoms with E-state index in [4.69, 9.17) is 9.47 Å². The average Bonchev–Trinajstić information content (AvgIpc) is 2.67. The predicted molar refractivity (Wildman–Crippen MR) is 97.4 cm³/mol. The van der Waals surface area contributed by atoms with Crippen molar-refractivity contribution < 1.29 is 23.0 Å². The van der Waals surface area contributed by atoms with Gasteiger partial charge in [0.25, 0.3) is 0 Å². The Balaban J connectivity index is 1.89. The number of ether oxygens (including phenoxy) is 2. The van der Waals surface area contributed by atoms with Gasteiger partial charge in [0, 0.05) is 0 Å². The van der Waals surface area contributed by atoms with Crippen molar-refractivity contribution in [2.45, 2.75) is 71.6 Å². The van der Waals surface area contributed by atoms with Crippen LogP contribution in [0.1, 0.15) is 71.6 Å². The molecule has 26 heavy (non-hydrogen) atoms. The van der Waals surface area contributed by atoms with Gasteiger partial charge < -0.3 is 9.47 Å². The summed E-state index contributed by atoms with van der Waals surface area (Å²) in [7, 11) is 0. The maximum atomic E-state index is 14.2. The van der Waals surface area contributed by atoms with E-state index < -0.39 is 17.6 Å². The molecule has 1 fully saturated rings. The Hall–Kier alpha value is -1.65. The number of rotatable bonds is 9. The molecule has 0 amide bonds. The van der Waals surface area contributed by atoms with Gasteiger partial charge in [0.1, 0.15) is 0 Å². The molecule has 0 heterocycles. The number of hydrogen-bond acceptors (Lipinski definition) is 3. The van der Waals surface area contributed by atoms with Crippen molar-refractivity contribution in [2.24, 2.45) is 11.8 Å². The summed E-state index contributed by atoms with van der Waals surface area (Å²) in [5.41, 5.74) is 0. The van der Waals surface area contributed by atoms with Crippen LogP contribution in [0.2, 0.25) is 0 Å². The topological polar surface area (TPSA) is 35.5 Å². The Kier molecular flexibility index (Phi) is 8.33. The zero-order valence-corrected chi connectivity index (χ0v) is 15.9. The van der Waals surface area contributed by atoms with Gasteiger partial charge in [-0.05, 0) is 50.2 Å². The molecule has 5 heteroatoms. The van der Waals surface area contributed by atoms with Crippen LogP contribution in [-0.2, 0) is 4.79 Å². The predicted octanol–water partition coefficient (Wildman–Crippen LogP) is 6.05. The van der Waals surface area contributed by atoms with Crippen LogP contribution in [-0.4, -0.2) is 12.6 Å². The fourth-order valence-corrected chi connectivity index (χ4v) is 3.41. The van der Waals surface area contributed by atoms with Gasteiger partial charge >= 0.3 is 5.97 Å². The Morgan fingerprint density at radius 1 is 1.00 bits per heavy atom. The monoisotopic (exact) mass is 368 g/mol. The number of carbonyl (C=O) groups excluding carboxylic acids is 1. The maximum Gasteiger partial charge on any atom is 0.314 e. The van der Waals surface area contributed by atoms with E-state index in [1.807, 2.05) is 0 Å². The van der Waals surface area contributed by atoms with Crippen LogP contribution in [0.25, 0.3) is 0 Å². The van der Waals surface area contributed by atoms with Crippen LogP contribution < -0.4 is 9.47 Å². The third kappa shape index (κ3) is 5.68. The van der Waals surface area contributed by atoms with Gasteiger partial charge in [-0.1, -0.05) is 39.5 Å². The van der Waals surface area contributed by atoms with Crippen LogP contribution in [0.4, 0.5) is 8.78 Å². The number of benzene rings is 1. The highest BCUT2D eigenvalue weighted by atomic mass is 19.2. The number of hydrogen-bond donors (Lipinski definition) is 0. The number of unbranched alkanes of at least 4 members (excludes halogenated alkanes) is 3. The van der Waals surface area contributed by atoms with Gasteiger partial charge in [0.15, 0.2) is 11.5 Å². The summed E-state index contributed by atoms with van der Waals surface area (Å²) >= 11 is 0. The first-order valence-corrected chi connectivity index (χ1v) is 9.89. The molecule has 0 radical (unpaired) electrons. The number of carbonyl (C=O) groups is 1. The Morgan fingerprint density at radius 2 is 1.65 bits per heavy atom. The first kappa shape index (κ1) is 20.7. The molecule has 0 N–H and O–H groups in total. The summed E-state index contributed by atoms with van der Waals surface area (Å²) in [6, 6.07) is 2.60. The second kappa shape index (κ2) is 10.5. The van der Waals surface area contributed by atoms with Gasteiger partial charge in [-0.15, -0.1) is 0 Å². The molecule has 146 valence electrons. The standard InChI is InChI=1S/C21H30F2O3/c1-3-5-6-7-14-25-17-12-13-18(20(23)19(17)22)26-21(24)16-10-8-15(4-2)9-11-16/h12-13,15-16H,3-11,14H2,1-2H3/t15-,16-. The maximum absolute atomic E-state index is 14.2. The molecule has 3 nitrogen and oxygen atoms in total. The van der Waals surface area contributed by atoms with Gasteiger partial charge in [-0.2, -0.15) is 8.78 Å². The second-order valence-corrected chi connectivity index (χ2v) is 7.15. The highest BCUT2D eigenvalue weighted by Crippen LogP contribution is 2.33. The van der Waals surface area contributed by atoms with Gasteiger partial charge in [-0.3, -0.25) is 4.79 Å². The Bertz CT molecular complexity index is 581. The molecule has 1 aromatic rings. The number of halogens is 2. The molecular formula is C21H30F2O3. The lowest BCUT2D eigenvalue weighted by Gasteiger charge is -2.26. The summed E-state index contributed by atoms with van der Waals surface area (Å²) in [5.74, 6) is -2.79. The summed E-state index contributed by atoms with van der Waals surface area (Å²) in [5, 5.41) is 0. The summed E-state index contributed by atoms with van der Waals surface area (Å²) < 4.78 is 38.8. The molecule has 1 aromatic carbocycles. The van der Waals surface area contributed by atoms with E-state index in [0.29, 0.717) is 12.5 Å². The molecule has 1 aliphatic carbocycles. The van der Waals surface area contributed by atoms with Crippen LogP contribution in [0.15, 0.2) is 12.1 Å². The molecule has 0 bridgehead atoms. The van der Waals surface area contributed by atoms with Crippen LogP contribution in [0.3, 0.4) is 0 Å². The molecule has 1 aliphatic rings. The van der Waals surface area contributed by atoms with E-state index in [1.54, 1.807) is 0 Å². The van der Waals surface area contributed by atoms with Crippen LogP contribution >= 0.6 is 0 Å². The Labute approximate surface area is 155 Å². The summed E-state index contributed by atoms with van der Waals surface area (Å²) in [6.45, 7) is 4.59. The Morgan fingerprint density at radius 3 is 2.31 bits per heavy atom. The SMILES string of the molecule is CCCCCCOc1ccc(OC(=O)[C@H]2CC[C@H](CC)CC2)c(F)c1F. The van der Waals surface area contributed by atoms with E-state index in [-0.39, 0.29) is 17.4 Å². The van der Waals surface area contributed by atoms with Crippen LogP contribution in [0, 0.1) is 23.5 Å². The normalized spacial score (nSPS) is 20.0. The van der Waals surface area contributed by atoms with Crippen molar-refractivity contribution in [2.75, 3.05) is 6.61 Å². The van der Waals surface area contributed by atoms with E-state index >= 15 is 0 Å². The van der Waals surface area contributed by atoms with Crippen molar-refractivity contribution in [3.05, 3.63) is 23.8 Å². The fourth-order valence-electron chi connectivity index (χ4n) is 3.41. The number of esters is 1. The minimum atomic E-state index is -1.16. The lowest BCUT2D eigenvalue weighted by molar-refractivity contribution is -0.140. The van der Waals surface area contributed by atoms with Crippen molar-refractivity contribution >= 4 is 5.97 Å². The molecule has 2 rings (SSSR count). The highest BCUT2D eigenvalue weighted by molar-refractivity contribution is 5.75. The molecular weight excluding hydrogens is 338 g/mol. The minimum absolute atomic E-state index is 0.137. The molecule has 0 saturated heterocycles. The van der Waals surface area contributed by atoms with Crippen LogP contribution in [0.5, 0.6) is 11.5 Å². The second-order valence-electron chi connectivity index (χ2n) is 7.15. The molecule has 1 saturated carbocycles. The van der Waals surface area contributed by atoms with E-state index in [9.17, 15) is 13.6 Å². The first-order valence-electron chi connectivity index (χ1n) is 9.89. The summed E-state index contributed by atoms with van der Waals surface area (Å²) in [4.78, 5) is 12.2. The quantitative estimate of drug-likeness (QED) is 0.302. The van der Waals surface area contributed by atoms with Gasteiger partial charge in [0.05, 0.1) is 12.5 Å². The van der Waals surface area contributed by atoms with E-state index in [0.717, 1.165) is 57.8 Å². The molecule has 0 aliphatic heterocycles. The largest absolute Gasteiger partial charge is 0.490 e. The first-order chi connectivity index (χ1) is 12.6. The molecule has 0 unspecified atom stereocenters. The van der Waals surface area contributed by atoms with Crippen molar-refractivity contribution in [3.8, 4) is 11.5 Å². The van der Waals surface area contributed by atoms with Crippen molar-refractivity contribution in [3.63, 3.8) is 0 Å². The van der Waals surface area contributed by atoms with E-state index in [1.165, 1.54) is 12.1 Å². The third-order valence-corrected chi connectivity index (χ3v) is 5.23. The zero-order valence-electron chi connectivity index (χ0n) is 15.9. The highest BCUT2D eigenvalue weighted by Gasteiger charge is 2.28. The molecule has 0 spiro atoms. The lowest BCUT2D eigenvalue weighted by atomic mass is 9.81. The van der Waals surface area contributed by atoms with Gasteiger partial charge in [-0.25, -0.2) is 0 Å². The summed E-state index contributed by atoms with van der Waals surface area (Å²) in [6.07, 6.45) is 8.57. The molecule has 0 atom stereocenters. The zero-order chi connectivity index (χ0) is 18.9. The minimum Gasteiger partial charge on any atom is -0.490 e. The van der Waals surface area contributed by atoms with Gasteiger partial charge in [0.2, 0.25) is 11.6 Å². The smallest absolute Gasteiger partial charge is 0.314 e.